The van der Waals surface area contributed by atoms with Gasteiger partial charge in [-0.25, -0.2) is 0 Å². The summed E-state index contributed by atoms with van der Waals surface area (Å²) in [6.07, 6.45) is 2.28. The van der Waals surface area contributed by atoms with Crippen molar-refractivity contribution in [3.63, 3.8) is 0 Å². The van der Waals surface area contributed by atoms with Gasteiger partial charge >= 0.3 is 0 Å². The fraction of sp³-hybridized carbons (Fsp3) is 0.565. The second-order valence-corrected chi connectivity index (χ2v) is 8.42. The largest absolute Gasteiger partial charge is 0.493 e. The van der Waals surface area contributed by atoms with Crippen LogP contribution in [0.5, 0.6) is 11.5 Å². The Morgan fingerprint density at radius 2 is 2.00 bits per heavy atom. The molecule has 2 bridgehead atoms. The van der Waals surface area contributed by atoms with E-state index >= 15 is 0 Å². The molecule has 0 aliphatic carbocycles. The molecule has 1 N–H and O–H groups in total. The lowest BCUT2D eigenvalue weighted by molar-refractivity contribution is -0.125. The highest BCUT2D eigenvalue weighted by Crippen LogP contribution is 2.42. The third-order valence-corrected chi connectivity index (χ3v) is 6.66. The standard InChI is InChI=1S/C23H32N4O4/c1-26-20(11-19(25-26)16-5-6-21(30-3)22(10-16)31-4)18-13-27-8-7-15(18)9-17(27)12-24-23(28)14-29-2/h5-6,10-11,15,17-18H,7-9,12-14H2,1-4H3,(H,24,28)/t15-,17+,18+/m0/s1. The predicted molar refractivity (Wildman–Crippen MR) is 117 cm³/mol. The summed E-state index contributed by atoms with van der Waals surface area (Å²) in [4.78, 5) is 14.3. The summed E-state index contributed by atoms with van der Waals surface area (Å²) in [5.74, 6) is 2.42. The van der Waals surface area contributed by atoms with Gasteiger partial charge in [0.25, 0.3) is 0 Å². The number of benzene rings is 1. The molecule has 168 valence electrons. The Morgan fingerprint density at radius 1 is 1.19 bits per heavy atom. The molecule has 1 unspecified atom stereocenters. The zero-order valence-corrected chi connectivity index (χ0v) is 18.8. The number of carbonyl (C=O) groups excluding carboxylic acids is 1. The van der Waals surface area contributed by atoms with Gasteiger partial charge in [-0.3, -0.25) is 14.4 Å². The monoisotopic (exact) mass is 428 g/mol. The third kappa shape index (κ3) is 4.41. The van der Waals surface area contributed by atoms with Gasteiger partial charge in [0.2, 0.25) is 5.91 Å². The van der Waals surface area contributed by atoms with E-state index in [1.807, 2.05) is 29.9 Å². The number of hydrogen-bond donors (Lipinski definition) is 1. The van der Waals surface area contributed by atoms with Gasteiger partial charge in [-0.2, -0.15) is 5.10 Å². The number of nitrogens with zero attached hydrogens (tertiary/aromatic N) is 3. The van der Waals surface area contributed by atoms with Crippen LogP contribution in [0.15, 0.2) is 24.3 Å². The molecule has 0 saturated carbocycles. The number of rotatable bonds is 8. The minimum atomic E-state index is -0.0482. The average Bonchev–Trinajstić information content (AvgIpc) is 3.19. The molecule has 8 nitrogen and oxygen atoms in total. The van der Waals surface area contributed by atoms with Crippen molar-refractivity contribution in [2.75, 3.05) is 47.6 Å². The van der Waals surface area contributed by atoms with Crippen LogP contribution in [0.2, 0.25) is 0 Å². The highest BCUT2D eigenvalue weighted by atomic mass is 16.5. The van der Waals surface area contributed by atoms with Gasteiger partial charge in [-0.05, 0) is 49.6 Å². The molecule has 0 spiro atoms. The van der Waals surface area contributed by atoms with Gasteiger partial charge in [0, 0.05) is 50.5 Å². The number of aromatic nitrogens is 2. The lowest BCUT2D eigenvalue weighted by Gasteiger charge is -2.50. The van der Waals surface area contributed by atoms with Crippen LogP contribution in [0.1, 0.15) is 24.5 Å². The zero-order valence-electron chi connectivity index (χ0n) is 18.8. The summed E-state index contributed by atoms with van der Waals surface area (Å²) < 4.78 is 17.7. The molecule has 0 radical (unpaired) electrons. The number of methoxy groups -OCH3 is 3. The molecule has 1 aromatic heterocycles. The molecule has 1 aromatic carbocycles. The van der Waals surface area contributed by atoms with Gasteiger partial charge in [-0.15, -0.1) is 0 Å². The van der Waals surface area contributed by atoms with Crippen LogP contribution in [-0.4, -0.2) is 74.2 Å². The average molecular weight is 429 g/mol. The minimum Gasteiger partial charge on any atom is -0.493 e. The van der Waals surface area contributed by atoms with E-state index in [1.54, 1.807) is 21.3 Å². The molecule has 3 fully saturated rings. The van der Waals surface area contributed by atoms with E-state index in [-0.39, 0.29) is 12.5 Å². The molecule has 8 heteroatoms. The lowest BCUT2D eigenvalue weighted by Crippen LogP contribution is -2.56. The van der Waals surface area contributed by atoms with E-state index in [4.69, 9.17) is 19.3 Å². The number of piperidine rings is 3. The van der Waals surface area contributed by atoms with Crippen LogP contribution < -0.4 is 14.8 Å². The second-order valence-electron chi connectivity index (χ2n) is 8.42. The maximum atomic E-state index is 11.8. The molecule has 4 heterocycles. The minimum absolute atomic E-state index is 0.0482. The Kier molecular flexibility index (Phi) is 6.48. The summed E-state index contributed by atoms with van der Waals surface area (Å²) in [6.45, 7) is 2.90. The molecule has 4 atom stereocenters. The number of nitrogens with one attached hydrogen (secondary N) is 1. The molecule has 31 heavy (non-hydrogen) atoms. The first-order chi connectivity index (χ1) is 15.0. The van der Waals surface area contributed by atoms with Gasteiger partial charge in [0.05, 0.1) is 19.9 Å². The summed E-state index contributed by atoms with van der Waals surface area (Å²) in [7, 11) is 6.85. The molecule has 2 aromatic rings. The van der Waals surface area contributed by atoms with E-state index in [0.717, 1.165) is 30.8 Å². The molecular formula is C23H32N4O4. The first-order valence-corrected chi connectivity index (χ1v) is 10.8. The first kappa shape index (κ1) is 21.6. The van der Waals surface area contributed by atoms with Crippen LogP contribution in [0.3, 0.4) is 0 Å². The van der Waals surface area contributed by atoms with Gasteiger partial charge in [0.15, 0.2) is 11.5 Å². The van der Waals surface area contributed by atoms with Crippen molar-refractivity contribution in [3.8, 4) is 22.8 Å². The highest BCUT2D eigenvalue weighted by Gasteiger charge is 2.41. The van der Waals surface area contributed by atoms with Crippen molar-refractivity contribution in [2.45, 2.75) is 24.8 Å². The van der Waals surface area contributed by atoms with E-state index in [2.05, 4.69) is 16.3 Å². The quantitative estimate of drug-likeness (QED) is 0.693. The topological polar surface area (TPSA) is 77.8 Å². The number of fused-ring (bicyclic) bond motifs is 3. The molecule has 3 aliphatic heterocycles. The summed E-state index contributed by atoms with van der Waals surface area (Å²) in [6, 6.07) is 8.51. The molecule has 3 aliphatic rings. The summed E-state index contributed by atoms with van der Waals surface area (Å²) in [5, 5.41) is 7.81. The molecular weight excluding hydrogens is 396 g/mol. The van der Waals surface area contributed by atoms with Crippen LogP contribution in [-0.2, 0) is 16.6 Å². The van der Waals surface area contributed by atoms with E-state index in [9.17, 15) is 4.79 Å². The van der Waals surface area contributed by atoms with Gasteiger partial charge in [0.1, 0.15) is 6.61 Å². The van der Waals surface area contributed by atoms with Crippen molar-refractivity contribution >= 4 is 5.91 Å². The Bertz CT molecular complexity index is 928. The molecule has 1 amide bonds. The number of amides is 1. The maximum Gasteiger partial charge on any atom is 0.246 e. The van der Waals surface area contributed by atoms with Crippen LogP contribution in [0.4, 0.5) is 0 Å². The SMILES string of the molecule is COCC(=O)NC[C@H]1C[C@@H]2CCN1C[C@H]2c1cc(-c2ccc(OC)c(OC)c2)nn1C. The molecule has 3 saturated heterocycles. The number of hydrogen-bond acceptors (Lipinski definition) is 6. The van der Waals surface area contributed by atoms with Crippen molar-refractivity contribution < 1.29 is 19.0 Å². The Labute approximate surface area is 183 Å². The fourth-order valence-electron chi connectivity index (χ4n) is 5.06. The van der Waals surface area contributed by atoms with Crippen LogP contribution in [0, 0.1) is 5.92 Å². The fourth-order valence-corrected chi connectivity index (χ4v) is 5.06. The smallest absolute Gasteiger partial charge is 0.246 e. The predicted octanol–water partition coefficient (Wildman–Crippen LogP) is 2.04. The van der Waals surface area contributed by atoms with Gasteiger partial charge in [-0.1, -0.05) is 0 Å². The van der Waals surface area contributed by atoms with E-state index in [1.165, 1.54) is 12.1 Å². The number of ether oxygens (including phenoxy) is 3. The Hall–Kier alpha value is -2.58. The van der Waals surface area contributed by atoms with Crippen molar-refractivity contribution in [1.29, 1.82) is 0 Å². The number of aryl methyl sites for hydroxylation is 1. The van der Waals surface area contributed by atoms with Crippen LogP contribution in [0.25, 0.3) is 11.3 Å². The molecule has 5 rings (SSSR count). The van der Waals surface area contributed by atoms with E-state index < -0.39 is 0 Å². The Balaban J connectivity index is 1.48. The normalized spacial score (nSPS) is 24.8. The van der Waals surface area contributed by atoms with Crippen LogP contribution >= 0.6 is 0 Å². The van der Waals surface area contributed by atoms with Crippen molar-refractivity contribution in [2.24, 2.45) is 13.0 Å². The highest BCUT2D eigenvalue weighted by molar-refractivity contribution is 5.77. The first-order valence-electron chi connectivity index (χ1n) is 10.8. The summed E-state index contributed by atoms with van der Waals surface area (Å²) >= 11 is 0. The zero-order chi connectivity index (χ0) is 22.0. The van der Waals surface area contributed by atoms with Crippen molar-refractivity contribution in [3.05, 3.63) is 30.0 Å². The number of carbonyl (C=O) groups is 1. The maximum absolute atomic E-state index is 11.8. The summed E-state index contributed by atoms with van der Waals surface area (Å²) in [5.41, 5.74) is 3.22. The lowest BCUT2D eigenvalue weighted by atomic mass is 9.74. The van der Waals surface area contributed by atoms with Gasteiger partial charge < -0.3 is 19.5 Å². The second kappa shape index (κ2) is 9.28. The third-order valence-electron chi connectivity index (χ3n) is 6.66. The van der Waals surface area contributed by atoms with E-state index in [0.29, 0.717) is 35.9 Å². The van der Waals surface area contributed by atoms with Crippen molar-refractivity contribution in [1.82, 2.24) is 20.0 Å². The Morgan fingerprint density at radius 3 is 2.68 bits per heavy atom.